The minimum absolute atomic E-state index is 0.0117. The number of carbonyl (C=O) groups is 1. The van der Waals surface area contributed by atoms with E-state index in [1.807, 2.05) is 31.2 Å². The van der Waals surface area contributed by atoms with Crippen LogP contribution in [0.25, 0.3) is 0 Å². The maximum atomic E-state index is 12.1. The van der Waals surface area contributed by atoms with Crippen LogP contribution < -0.4 is 10.6 Å². The standard InChI is InChI=1S/C21H34N4O3/c1-4-22-20(24-15-21(9-12-26)10-13-28-16-21)23-11-8-17-6-5-7-18(14-17)19(27)25(2)3/h5-7,14,26H,4,8-13,15-16H2,1-3H3,(H2,22,23,24). The molecule has 1 unspecified atom stereocenters. The van der Waals surface area contributed by atoms with Crippen LogP contribution in [-0.2, 0) is 11.2 Å². The van der Waals surface area contributed by atoms with Gasteiger partial charge < -0.3 is 25.4 Å². The summed E-state index contributed by atoms with van der Waals surface area (Å²) >= 11 is 0. The molecule has 7 heteroatoms. The van der Waals surface area contributed by atoms with Crippen LogP contribution in [0.1, 0.15) is 35.7 Å². The summed E-state index contributed by atoms with van der Waals surface area (Å²) in [5.74, 6) is 0.782. The van der Waals surface area contributed by atoms with E-state index in [2.05, 4.69) is 10.6 Å². The summed E-state index contributed by atoms with van der Waals surface area (Å²) in [5, 5.41) is 16.0. The van der Waals surface area contributed by atoms with Crippen molar-refractivity contribution in [3.8, 4) is 0 Å². The fourth-order valence-electron chi connectivity index (χ4n) is 3.32. The number of hydrogen-bond donors (Lipinski definition) is 3. The van der Waals surface area contributed by atoms with Crippen LogP contribution in [0.2, 0.25) is 0 Å². The molecule has 0 spiro atoms. The van der Waals surface area contributed by atoms with Crippen molar-refractivity contribution in [2.45, 2.75) is 26.2 Å². The van der Waals surface area contributed by atoms with Crippen LogP contribution in [0.3, 0.4) is 0 Å². The fraction of sp³-hybridized carbons (Fsp3) is 0.619. The molecule has 1 aromatic rings. The monoisotopic (exact) mass is 390 g/mol. The first-order valence-corrected chi connectivity index (χ1v) is 10.0. The smallest absolute Gasteiger partial charge is 0.253 e. The van der Waals surface area contributed by atoms with Gasteiger partial charge in [-0.25, -0.2) is 0 Å². The molecule has 1 atom stereocenters. The molecule has 3 N–H and O–H groups in total. The molecule has 1 aromatic carbocycles. The summed E-state index contributed by atoms with van der Waals surface area (Å²) in [7, 11) is 3.52. The van der Waals surface area contributed by atoms with E-state index in [1.165, 1.54) is 0 Å². The molecule has 2 rings (SSSR count). The number of aliphatic hydroxyl groups is 1. The maximum Gasteiger partial charge on any atom is 0.253 e. The van der Waals surface area contributed by atoms with Gasteiger partial charge in [0.25, 0.3) is 5.91 Å². The highest BCUT2D eigenvalue weighted by Crippen LogP contribution is 2.32. The van der Waals surface area contributed by atoms with E-state index in [0.717, 1.165) is 44.1 Å². The lowest BCUT2D eigenvalue weighted by Crippen LogP contribution is -2.39. The van der Waals surface area contributed by atoms with Crippen LogP contribution in [0.4, 0.5) is 0 Å². The van der Waals surface area contributed by atoms with Crippen LogP contribution in [0.5, 0.6) is 0 Å². The molecular weight excluding hydrogens is 356 g/mol. The molecule has 1 aliphatic rings. The molecule has 1 aliphatic heterocycles. The second kappa shape index (κ2) is 11.0. The summed E-state index contributed by atoms with van der Waals surface area (Å²) in [6.07, 6.45) is 2.44. The third-order valence-electron chi connectivity index (χ3n) is 5.03. The van der Waals surface area contributed by atoms with Gasteiger partial charge in [0.2, 0.25) is 0 Å². The summed E-state index contributed by atoms with van der Waals surface area (Å²) in [5.41, 5.74) is 1.75. The first kappa shape index (κ1) is 22.2. The van der Waals surface area contributed by atoms with Crippen LogP contribution >= 0.6 is 0 Å². The number of hydrogen-bond acceptors (Lipinski definition) is 4. The predicted octanol–water partition coefficient (Wildman–Crippen LogP) is 1.28. The number of benzene rings is 1. The highest BCUT2D eigenvalue weighted by Gasteiger charge is 2.34. The van der Waals surface area contributed by atoms with Gasteiger partial charge in [-0.1, -0.05) is 12.1 Å². The minimum atomic E-state index is -0.0576. The van der Waals surface area contributed by atoms with E-state index in [1.54, 1.807) is 19.0 Å². The van der Waals surface area contributed by atoms with Gasteiger partial charge in [0.1, 0.15) is 0 Å². The second-order valence-electron chi connectivity index (χ2n) is 7.55. The van der Waals surface area contributed by atoms with E-state index in [0.29, 0.717) is 25.1 Å². The van der Waals surface area contributed by atoms with Crippen molar-refractivity contribution in [1.82, 2.24) is 15.5 Å². The Bertz CT molecular complexity index is 655. The number of rotatable bonds is 9. The SMILES string of the molecule is CCNC(=NCC1(CCO)CCOC1)NCCc1cccc(C(=O)N(C)C)c1. The molecule has 0 aromatic heterocycles. The lowest BCUT2D eigenvalue weighted by Gasteiger charge is -2.24. The Hall–Kier alpha value is -2.12. The molecule has 0 saturated carbocycles. The lowest BCUT2D eigenvalue weighted by atomic mass is 9.84. The molecule has 1 heterocycles. The average molecular weight is 391 g/mol. The lowest BCUT2D eigenvalue weighted by molar-refractivity contribution is 0.0827. The van der Waals surface area contributed by atoms with E-state index in [9.17, 15) is 9.90 Å². The number of carbonyl (C=O) groups excluding carboxylic acids is 1. The minimum Gasteiger partial charge on any atom is -0.396 e. The summed E-state index contributed by atoms with van der Waals surface area (Å²) < 4.78 is 5.54. The molecule has 1 fully saturated rings. The first-order valence-electron chi connectivity index (χ1n) is 10.0. The van der Waals surface area contributed by atoms with Crippen LogP contribution in [0.15, 0.2) is 29.3 Å². The zero-order chi connectivity index (χ0) is 20.4. The van der Waals surface area contributed by atoms with Gasteiger partial charge in [0.15, 0.2) is 5.96 Å². The van der Waals surface area contributed by atoms with Crippen molar-refractivity contribution in [1.29, 1.82) is 0 Å². The molecule has 28 heavy (non-hydrogen) atoms. The van der Waals surface area contributed by atoms with Gasteiger partial charge in [0.05, 0.1) is 13.2 Å². The van der Waals surface area contributed by atoms with Gasteiger partial charge in [-0.2, -0.15) is 0 Å². The Morgan fingerprint density at radius 3 is 2.82 bits per heavy atom. The third-order valence-corrected chi connectivity index (χ3v) is 5.03. The zero-order valence-electron chi connectivity index (χ0n) is 17.3. The summed E-state index contributed by atoms with van der Waals surface area (Å²) in [4.78, 5) is 18.4. The molecule has 7 nitrogen and oxygen atoms in total. The number of aliphatic hydroxyl groups excluding tert-OH is 1. The van der Waals surface area contributed by atoms with E-state index in [4.69, 9.17) is 9.73 Å². The largest absolute Gasteiger partial charge is 0.396 e. The number of aliphatic imine (C=N–C) groups is 1. The van der Waals surface area contributed by atoms with Gasteiger partial charge >= 0.3 is 0 Å². The number of ether oxygens (including phenoxy) is 1. The zero-order valence-corrected chi connectivity index (χ0v) is 17.3. The highest BCUT2D eigenvalue weighted by atomic mass is 16.5. The molecular formula is C21H34N4O3. The number of nitrogens with zero attached hydrogens (tertiary/aromatic N) is 2. The Balaban J connectivity index is 1.92. The van der Waals surface area contributed by atoms with Gasteiger partial charge in [-0.05, 0) is 43.9 Å². The van der Waals surface area contributed by atoms with Gasteiger partial charge in [0, 0.05) is 51.4 Å². The van der Waals surface area contributed by atoms with Gasteiger partial charge in [-0.15, -0.1) is 0 Å². The predicted molar refractivity (Wildman–Crippen MR) is 112 cm³/mol. The quantitative estimate of drug-likeness (QED) is 0.437. The highest BCUT2D eigenvalue weighted by molar-refractivity contribution is 5.94. The maximum absolute atomic E-state index is 12.1. The third kappa shape index (κ3) is 6.49. The Morgan fingerprint density at radius 1 is 1.36 bits per heavy atom. The van der Waals surface area contributed by atoms with Crippen LogP contribution in [0, 0.1) is 5.41 Å². The summed E-state index contributed by atoms with van der Waals surface area (Å²) in [6, 6.07) is 7.74. The number of amides is 1. The summed E-state index contributed by atoms with van der Waals surface area (Å²) in [6.45, 7) is 5.72. The molecule has 0 aliphatic carbocycles. The topological polar surface area (TPSA) is 86.2 Å². The molecule has 0 radical (unpaired) electrons. The Kier molecular flexibility index (Phi) is 8.73. The normalized spacial score (nSPS) is 19.5. The number of guanidine groups is 1. The Labute approximate surface area is 168 Å². The van der Waals surface area contributed by atoms with Crippen molar-refractivity contribution in [2.75, 3.05) is 53.6 Å². The van der Waals surface area contributed by atoms with Crippen molar-refractivity contribution >= 4 is 11.9 Å². The van der Waals surface area contributed by atoms with Crippen molar-refractivity contribution in [2.24, 2.45) is 10.4 Å². The molecule has 1 amide bonds. The van der Waals surface area contributed by atoms with E-state index >= 15 is 0 Å². The molecule has 156 valence electrons. The van der Waals surface area contributed by atoms with Crippen molar-refractivity contribution in [3.05, 3.63) is 35.4 Å². The van der Waals surface area contributed by atoms with Crippen molar-refractivity contribution < 1.29 is 14.6 Å². The van der Waals surface area contributed by atoms with Gasteiger partial charge in [-0.3, -0.25) is 9.79 Å². The fourth-order valence-corrected chi connectivity index (χ4v) is 3.32. The average Bonchev–Trinajstić information content (AvgIpc) is 3.15. The molecule has 0 bridgehead atoms. The Morgan fingerprint density at radius 2 is 2.18 bits per heavy atom. The van der Waals surface area contributed by atoms with E-state index < -0.39 is 0 Å². The van der Waals surface area contributed by atoms with E-state index in [-0.39, 0.29) is 17.9 Å². The second-order valence-corrected chi connectivity index (χ2v) is 7.55. The molecule has 1 saturated heterocycles. The first-order chi connectivity index (χ1) is 13.5. The van der Waals surface area contributed by atoms with Crippen LogP contribution in [-0.4, -0.2) is 75.4 Å². The number of nitrogens with one attached hydrogen (secondary N) is 2. The van der Waals surface area contributed by atoms with Crippen molar-refractivity contribution in [3.63, 3.8) is 0 Å².